The van der Waals surface area contributed by atoms with Gasteiger partial charge in [-0.25, -0.2) is 0 Å². The lowest BCUT2D eigenvalue weighted by atomic mass is 9.90. The SMILES string of the molecule is COC(C(=O)N1CCC(C)(CN)C1)c1ccccc1. The quantitative estimate of drug-likeness (QED) is 0.896. The van der Waals surface area contributed by atoms with E-state index in [4.69, 9.17) is 10.5 Å². The average Bonchev–Trinajstić information content (AvgIpc) is 2.84. The molecule has 0 saturated carbocycles. The highest BCUT2D eigenvalue weighted by Gasteiger charge is 2.37. The molecule has 1 aliphatic heterocycles. The molecule has 1 heterocycles. The van der Waals surface area contributed by atoms with Crippen LogP contribution in [0.1, 0.15) is 25.0 Å². The lowest BCUT2D eigenvalue weighted by Crippen LogP contribution is -2.37. The van der Waals surface area contributed by atoms with Crippen molar-refractivity contribution in [2.75, 3.05) is 26.7 Å². The Bertz CT molecular complexity index is 435. The van der Waals surface area contributed by atoms with Gasteiger partial charge in [0.15, 0.2) is 6.10 Å². The summed E-state index contributed by atoms with van der Waals surface area (Å²) in [5.74, 6) is 0.0332. The van der Waals surface area contributed by atoms with Crippen molar-refractivity contribution < 1.29 is 9.53 Å². The van der Waals surface area contributed by atoms with E-state index in [-0.39, 0.29) is 11.3 Å². The number of likely N-dealkylation sites (tertiary alicyclic amines) is 1. The maximum atomic E-state index is 12.5. The summed E-state index contributed by atoms with van der Waals surface area (Å²) in [4.78, 5) is 14.4. The topological polar surface area (TPSA) is 55.6 Å². The predicted octanol–water partition coefficient (Wildman–Crippen LogP) is 1.57. The van der Waals surface area contributed by atoms with Crippen LogP contribution in [0.5, 0.6) is 0 Å². The van der Waals surface area contributed by atoms with E-state index >= 15 is 0 Å². The lowest BCUT2D eigenvalue weighted by molar-refractivity contribution is -0.141. The molecule has 1 aliphatic rings. The van der Waals surface area contributed by atoms with Gasteiger partial charge in [0, 0.05) is 20.2 Å². The Morgan fingerprint density at radius 1 is 1.47 bits per heavy atom. The Labute approximate surface area is 114 Å². The first-order chi connectivity index (χ1) is 9.09. The molecule has 2 unspecified atom stereocenters. The Kier molecular flexibility index (Phi) is 4.22. The molecular formula is C15H22N2O2. The molecule has 4 heteroatoms. The molecule has 1 aromatic carbocycles. The largest absolute Gasteiger partial charge is 0.367 e. The van der Waals surface area contributed by atoms with Crippen LogP contribution in [0.2, 0.25) is 0 Å². The number of ether oxygens (including phenoxy) is 1. The molecule has 2 N–H and O–H groups in total. The van der Waals surface area contributed by atoms with Crippen molar-refractivity contribution in [1.29, 1.82) is 0 Å². The minimum absolute atomic E-state index is 0.0332. The van der Waals surface area contributed by atoms with Gasteiger partial charge in [-0.2, -0.15) is 0 Å². The summed E-state index contributed by atoms with van der Waals surface area (Å²) in [7, 11) is 1.58. The molecule has 0 spiro atoms. The molecule has 2 rings (SSSR count). The van der Waals surface area contributed by atoms with Crippen LogP contribution in [0.4, 0.5) is 0 Å². The number of methoxy groups -OCH3 is 1. The van der Waals surface area contributed by atoms with Crippen molar-refractivity contribution in [3.8, 4) is 0 Å². The van der Waals surface area contributed by atoms with Gasteiger partial charge in [0.25, 0.3) is 5.91 Å². The van der Waals surface area contributed by atoms with Crippen molar-refractivity contribution in [1.82, 2.24) is 4.90 Å². The average molecular weight is 262 g/mol. The Morgan fingerprint density at radius 2 is 2.16 bits per heavy atom. The van der Waals surface area contributed by atoms with Crippen LogP contribution in [0, 0.1) is 5.41 Å². The first-order valence-electron chi connectivity index (χ1n) is 6.66. The predicted molar refractivity (Wildman–Crippen MR) is 74.6 cm³/mol. The fourth-order valence-electron chi connectivity index (χ4n) is 2.55. The number of hydrogen-bond acceptors (Lipinski definition) is 3. The molecule has 2 atom stereocenters. The Balaban J connectivity index is 2.11. The van der Waals surface area contributed by atoms with E-state index in [1.807, 2.05) is 35.2 Å². The van der Waals surface area contributed by atoms with Crippen molar-refractivity contribution in [3.05, 3.63) is 35.9 Å². The zero-order chi connectivity index (χ0) is 13.9. The van der Waals surface area contributed by atoms with Gasteiger partial charge in [-0.05, 0) is 23.9 Å². The van der Waals surface area contributed by atoms with E-state index in [1.54, 1.807) is 7.11 Å². The maximum Gasteiger partial charge on any atom is 0.256 e. The summed E-state index contributed by atoms with van der Waals surface area (Å²) in [5, 5.41) is 0. The minimum Gasteiger partial charge on any atom is -0.367 e. The zero-order valence-corrected chi connectivity index (χ0v) is 11.6. The van der Waals surface area contributed by atoms with Gasteiger partial charge in [-0.1, -0.05) is 37.3 Å². The highest BCUT2D eigenvalue weighted by molar-refractivity contribution is 5.82. The number of hydrogen-bond donors (Lipinski definition) is 1. The second kappa shape index (κ2) is 5.72. The second-order valence-corrected chi connectivity index (χ2v) is 5.55. The van der Waals surface area contributed by atoms with Gasteiger partial charge >= 0.3 is 0 Å². The molecule has 19 heavy (non-hydrogen) atoms. The van der Waals surface area contributed by atoms with Crippen LogP contribution in [0.3, 0.4) is 0 Å². The minimum atomic E-state index is -0.513. The summed E-state index contributed by atoms with van der Waals surface area (Å²) < 4.78 is 5.39. The number of carbonyl (C=O) groups excluding carboxylic acids is 1. The maximum absolute atomic E-state index is 12.5. The van der Waals surface area contributed by atoms with Gasteiger partial charge in [0.1, 0.15) is 0 Å². The molecular weight excluding hydrogens is 240 g/mol. The number of nitrogens with two attached hydrogens (primary N) is 1. The summed E-state index contributed by atoms with van der Waals surface area (Å²) in [6.45, 7) is 4.22. The van der Waals surface area contributed by atoms with Crippen LogP contribution >= 0.6 is 0 Å². The Morgan fingerprint density at radius 3 is 2.68 bits per heavy atom. The number of carbonyl (C=O) groups is 1. The second-order valence-electron chi connectivity index (χ2n) is 5.55. The summed E-state index contributed by atoms with van der Waals surface area (Å²) >= 11 is 0. The number of rotatable bonds is 4. The molecule has 1 fully saturated rings. The van der Waals surface area contributed by atoms with Crippen molar-refractivity contribution in [2.45, 2.75) is 19.4 Å². The molecule has 4 nitrogen and oxygen atoms in total. The van der Waals surface area contributed by atoms with E-state index in [0.29, 0.717) is 6.54 Å². The van der Waals surface area contributed by atoms with E-state index in [0.717, 1.165) is 25.1 Å². The zero-order valence-electron chi connectivity index (χ0n) is 11.6. The van der Waals surface area contributed by atoms with Gasteiger partial charge in [0.05, 0.1) is 0 Å². The van der Waals surface area contributed by atoms with Gasteiger partial charge in [0.2, 0.25) is 0 Å². The van der Waals surface area contributed by atoms with E-state index < -0.39 is 6.10 Å². The van der Waals surface area contributed by atoms with Gasteiger partial charge in [-0.15, -0.1) is 0 Å². The monoisotopic (exact) mass is 262 g/mol. The third-order valence-electron chi connectivity index (χ3n) is 3.92. The summed E-state index contributed by atoms with van der Waals surface area (Å²) in [6.07, 6.45) is 0.446. The fourth-order valence-corrected chi connectivity index (χ4v) is 2.55. The summed E-state index contributed by atoms with van der Waals surface area (Å²) in [5.41, 5.74) is 6.73. The summed E-state index contributed by atoms with van der Waals surface area (Å²) in [6, 6.07) is 9.61. The third kappa shape index (κ3) is 2.96. The number of nitrogens with zero attached hydrogens (tertiary/aromatic N) is 1. The van der Waals surface area contributed by atoms with Crippen LogP contribution in [0.15, 0.2) is 30.3 Å². The molecule has 0 aromatic heterocycles. The third-order valence-corrected chi connectivity index (χ3v) is 3.92. The van der Waals surface area contributed by atoms with Gasteiger partial charge in [-0.3, -0.25) is 4.79 Å². The normalized spacial score (nSPS) is 24.5. The molecule has 1 amide bonds. The van der Waals surface area contributed by atoms with Crippen LogP contribution < -0.4 is 5.73 Å². The number of amides is 1. The molecule has 0 bridgehead atoms. The molecule has 0 radical (unpaired) electrons. The van der Waals surface area contributed by atoms with Crippen molar-refractivity contribution >= 4 is 5.91 Å². The first-order valence-corrected chi connectivity index (χ1v) is 6.66. The molecule has 0 aliphatic carbocycles. The van der Waals surface area contributed by atoms with Gasteiger partial charge < -0.3 is 15.4 Å². The highest BCUT2D eigenvalue weighted by atomic mass is 16.5. The van der Waals surface area contributed by atoms with E-state index in [1.165, 1.54) is 0 Å². The molecule has 1 saturated heterocycles. The fraction of sp³-hybridized carbons (Fsp3) is 0.533. The lowest BCUT2D eigenvalue weighted by Gasteiger charge is -2.25. The highest BCUT2D eigenvalue weighted by Crippen LogP contribution is 2.31. The van der Waals surface area contributed by atoms with Crippen molar-refractivity contribution in [2.24, 2.45) is 11.1 Å². The van der Waals surface area contributed by atoms with Crippen LogP contribution in [-0.4, -0.2) is 37.6 Å². The first kappa shape index (κ1) is 14.0. The molecule has 104 valence electrons. The smallest absolute Gasteiger partial charge is 0.256 e. The van der Waals surface area contributed by atoms with Crippen LogP contribution in [-0.2, 0) is 9.53 Å². The standard InChI is InChI=1S/C15H22N2O2/c1-15(10-16)8-9-17(11-15)14(18)13(19-2)12-6-4-3-5-7-12/h3-7,13H,8-11,16H2,1-2H3. The Hall–Kier alpha value is -1.39. The van der Waals surface area contributed by atoms with E-state index in [2.05, 4.69) is 6.92 Å². The van der Waals surface area contributed by atoms with Crippen LogP contribution in [0.25, 0.3) is 0 Å². The number of benzene rings is 1. The molecule has 1 aromatic rings. The van der Waals surface area contributed by atoms with Crippen molar-refractivity contribution in [3.63, 3.8) is 0 Å². The van der Waals surface area contributed by atoms with E-state index in [9.17, 15) is 4.79 Å².